The molecular weight excluding hydrogens is 248 g/mol. The second-order valence-corrected chi connectivity index (χ2v) is 6.41. The van der Waals surface area contributed by atoms with E-state index >= 15 is 0 Å². The summed E-state index contributed by atoms with van der Waals surface area (Å²) in [6.45, 7) is 5.54. The summed E-state index contributed by atoms with van der Waals surface area (Å²) in [5.74, 6) is 1.88. The molecule has 20 heavy (non-hydrogen) atoms. The molecule has 108 valence electrons. The third kappa shape index (κ3) is 3.21. The van der Waals surface area contributed by atoms with Gasteiger partial charge in [0.15, 0.2) is 0 Å². The minimum absolute atomic E-state index is 0.158. The number of rotatable bonds is 4. The first-order chi connectivity index (χ1) is 9.70. The topological polar surface area (TPSA) is 32.3 Å². The predicted octanol–water partition coefficient (Wildman–Crippen LogP) is 2.34. The highest BCUT2D eigenvalue weighted by molar-refractivity contribution is 5.78. The van der Waals surface area contributed by atoms with Gasteiger partial charge < -0.3 is 5.32 Å². The Balaban J connectivity index is 1.42. The number of hydrogen-bond donors (Lipinski definition) is 1. The summed E-state index contributed by atoms with van der Waals surface area (Å²) in [6.07, 6.45) is 4.13. The zero-order valence-corrected chi connectivity index (χ0v) is 12.3. The van der Waals surface area contributed by atoms with Crippen LogP contribution in [0.5, 0.6) is 0 Å². The van der Waals surface area contributed by atoms with E-state index in [1.54, 1.807) is 0 Å². The lowest BCUT2D eigenvalue weighted by molar-refractivity contribution is -0.122. The summed E-state index contributed by atoms with van der Waals surface area (Å²) in [4.78, 5) is 14.3. The van der Waals surface area contributed by atoms with Gasteiger partial charge in [-0.15, -0.1) is 0 Å². The fourth-order valence-corrected chi connectivity index (χ4v) is 3.63. The lowest BCUT2D eigenvalue weighted by atomic mass is 10.0. The molecule has 0 spiro atoms. The minimum atomic E-state index is 0.158. The first-order valence-corrected chi connectivity index (χ1v) is 7.75. The van der Waals surface area contributed by atoms with Crippen molar-refractivity contribution < 1.29 is 4.79 Å². The van der Waals surface area contributed by atoms with Gasteiger partial charge in [0.05, 0.1) is 6.54 Å². The molecule has 1 aliphatic carbocycles. The van der Waals surface area contributed by atoms with Crippen LogP contribution in [0.4, 0.5) is 0 Å². The monoisotopic (exact) mass is 272 g/mol. The van der Waals surface area contributed by atoms with Crippen LogP contribution in [0, 0.1) is 18.8 Å². The highest BCUT2D eigenvalue weighted by Crippen LogP contribution is 2.37. The van der Waals surface area contributed by atoms with E-state index in [1.807, 2.05) is 0 Å². The Morgan fingerprint density at radius 1 is 1.20 bits per heavy atom. The summed E-state index contributed by atoms with van der Waals surface area (Å²) in [5, 5.41) is 3.03. The third-order valence-electron chi connectivity index (χ3n) is 4.78. The SMILES string of the molecule is Cc1ccc(CNC(=O)CN2CC3CCCC3C2)cc1. The number of hydrogen-bond acceptors (Lipinski definition) is 2. The van der Waals surface area contributed by atoms with Gasteiger partial charge >= 0.3 is 0 Å². The van der Waals surface area contributed by atoms with E-state index in [-0.39, 0.29) is 5.91 Å². The van der Waals surface area contributed by atoms with E-state index in [2.05, 4.69) is 41.4 Å². The molecule has 2 fully saturated rings. The van der Waals surface area contributed by atoms with Gasteiger partial charge in [-0.3, -0.25) is 9.69 Å². The first-order valence-electron chi connectivity index (χ1n) is 7.75. The van der Waals surface area contributed by atoms with Crippen molar-refractivity contribution in [1.82, 2.24) is 10.2 Å². The number of likely N-dealkylation sites (tertiary alicyclic amines) is 1. The molecule has 0 radical (unpaired) electrons. The van der Waals surface area contributed by atoms with E-state index in [4.69, 9.17) is 0 Å². The Bertz CT molecular complexity index is 456. The van der Waals surface area contributed by atoms with Crippen molar-refractivity contribution in [1.29, 1.82) is 0 Å². The molecule has 2 atom stereocenters. The van der Waals surface area contributed by atoms with Crippen molar-refractivity contribution in [2.75, 3.05) is 19.6 Å². The molecule has 3 rings (SSSR count). The van der Waals surface area contributed by atoms with Gasteiger partial charge in [0.1, 0.15) is 0 Å². The molecule has 1 aliphatic heterocycles. The Morgan fingerprint density at radius 3 is 2.50 bits per heavy atom. The normalized spacial score (nSPS) is 25.6. The van der Waals surface area contributed by atoms with E-state index < -0.39 is 0 Å². The maximum atomic E-state index is 12.0. The zero-order valence-electron chi connectivity index (χ0n) is 12.3. The van der Waals surface area contributed by atoms with E-state index in [0.717, 1.165) is 24.9 Å². The van der Waals surface area contributed by atoms with Crippen LogP contribution >= 0.6 is 0 Å². The second kappa shape index (κ2) is 5.96. The number of amides is 1. The number of nitrogens with one attached hydrogen (secondary N) is 1. The van der Waals surface area contributed by atoms with Gasteiger partial charge in [-0.1, -0.05) is 36.2 Å². The molecule has 1 amide bonds. The number of nitrogens with zero attached hydrogens (tertiary/aromatic N) is 1. The van der Waals surface area contributed by atoms with E-state index in [1.165, 1.54) is 30.4 Å². The fraction of sp³-hybridized carbons (Fsp3) is 0.588. The molecule has 1 N–H and O–H groups in total. The summed E-state index contributed by atoms with van der Waals surface area (Å²) in [7, 11) is 0. The molecule has 1 aromatic rings. The Morgan fingerprint density at radius 2 is 1.85 bits per heavy atom. The van der Waals surface area contributed by atoms with E-state index in [0.29, 0.717) is 13.1 Å². The number of aryl methyl sites for hydroxylation is 1. The standard InChI is InChI=1S/C17H24N2O/c1-13-5-7-14(8-6-13)9-18-17(20)12-19-10-15-3-2-4-16(15)11-19/h5-8,15-16H,2-4,9-12H2,1H3,(H,18,20). The molecule has 3 nitrogen and oxygen atoms in total. The molecule has 0 bridgehead atoms. The summed E-state index contributed by atoms with van der Waals surface area (Å²) in [5.41, 5.74) is 2.42. The molecule has 2 unspecified atom stereocenters. The van der Waals surface area contributed by atoms with Gasteiger partial charge in [-0.05, 0) is 37.2 Å². The number of carbonyl (C=O) groups excluding carboxylic acids is 1. The highest BCUT2D eigenvalue weighted by atomic mass is 16.2. The molecule has 1 heterocycles. The van der Waals surface area contributed by atoms with Gasteiger partial charge in [0.2, 0.25) is 5.91 Å². The van der Waals surface area contributed by atoms with Crippen LogP contribution in [0.1, 0.15) is 30.4 Å². The average Bonchev–Trinajstić information content (AvgIpc) is 2.99. The van der Waals surface area contributed by atoms with E-state index in [9.17, 15) is 4.79 Å². The van der Waals surface area contributed by atoms with Crippen LogP contribution in [0.2, 0.25) is 0 Å². The quantitative estimate of drug-likeness (QED) is 0.912. The number of carbonyl (C=O) groups is 1. The predicted molar refractivity (Wildman–Crippen MR) is 80.3 cm³/mol. The minimum Gasteiger partial charge on any atom is -0.351 e. The Labute approximate surface area is 121 Å². The highest BCUT2D eigenvalue weighted by Gasteiger charge is 2.36. The molecule has 0 aromatic heterocycles. The van der Waals surface area contributed by atoms with Crippen molar-refractivity contribution in [2.24, 2.45) is 11.8 Å². The van der Waals surface area contributed by atoms with Crippen molar-refractivity contribution in [3.63, 3.8) is 0 Å². The molecule has 1 saturated carbocycles. The second-order valence-electron chi connectivity index (χ2n) is 6.41. The maximum absolute atomic E-state index is 12.0. The van der Waals surface area contributed by atoms with Crippen molar-refractivity contribution in [3.05, 3.63) is 35.4 Å². The van der Waals surface area contributed by atoms with Crippen molar-refractivity contribution >= 4 is 5.91 Å². The van der Waals surface area contributed by atoms with Gasteiger partial charge in [0.25, 0.3) is 0 Å². The van der Waals surface area contributed by atoms with Crippen LogP contribution < -0.4 is 5.32 Å². The lowest BCUT2D eigenvalue weighted by Gasteiger charge is -2.16. The summed E-state index contributed by atoms with van der Waals surface area (Å²) >= 11 is 0. The fourth-order valence-electron chi connectivity index (χ4n) is 3.63. The molecular formula is C17H24N2O. The summed E-state index contributed by atoms with van der Waals surface area (Å²) < 4.78 is 0. The molecule has 1 aromatic carbocycles. The Hall–Kier alpha value is -1.35. The van der Waals surface area contributed by atoms with Gasteiger partial charge in [-0.2, -0.15) is 0 Å². The van der Waals surface area contributed by atoms with Crippen molar-refractivity contribution in [3.8, 4) is 0 Å². The van der Waals surface area contributed by atoms with Gasteiger partial charge in [0, 0.05) is 19.6 Å². The zero-order chi connectivity index (χ0) is 13.9. The van der Waals surface area contributed by atoms with Crippen LogP contribution in [0.3, 0.4) is 0 Å². The molecule has 3 heteroatoms. The first kappa shape index (κ1) is 13.6. The smallest absolute Gasteiger partial charge is 0.234 e. The van der Waals surface area contributed by atoms with Gasteiger partial charge in [-0.25, -0.2) is 0 Å². The number of benzene rings is 1. The maximum Gasteiger partial charge on any atom is 0.234 e. The number of fused-ring (bicyclic) bond motifs is 1. The third-order valence-corrected chi connectivity index (χ3v) is 4.78. The lowest BCUT2D eigenvalue weighted by Crippen LogP contribution is -2.36. The average molecular weight is 272 g/mol. The summed E-state index contributed by atoms with van der Waals surface area (Å²) in [6, 6.07) is 8.33. The van der Waals surface area contributed by atoms with Crippen LogP contribution in [-0.2, 0) is 11.3 Å². The van der Waals surface area contributed by atoms with Crippen LogP contribution in [0.15, 0.2) is 24.3 Å². The Kier molecular flexibility index (Phi) is 4.06. The molecule has 2 aliphatic rings. The largest absolute Gasteiger partial charge is 0.351 e. The van der Waals surface area contributed by atoms with Crippen LogP contribution in [-0.4, -0.2) is 30.4 Å². The van der Waals surface area contributed by atoms with Crippen LogP contribution in [0.25, 0.3) is 0 Å². The molecule has 1 saturated heterocycles. The van der Waals surface area contributed by atoms with Crippen molar-refractivity contribution in [2.45, 2.75) is 32.7 Å².